The lowest BCUT2D eigenvalue weighted by atomic mass is 10.3. The summed E-state index contributed by atoms with van der Waals surface area (Å²) in [6.07, 6.45) is 3.20. The molecule has 0 spiro atoms. The summed E-state index contributed by atoms with van der Waals surface area (Å²) < 4.78 is 6.33. The Labute approximate surface area is 69.7 Å². The summed E-state index contributed by atoms with van der Waals surface area (Å²) >= 11 is 0. The van der Waals surface area contributed by atoms with Gasteiger partial charge in [-0.15, -0.1) is 0 Å². The highest BCUT2D eigenvalue weighted by atomic mass is 16.6. The van der Waals surface area contributed by atoms with Gasteiger partial charge in [0, 0.05) is 0 Å². The lowest BCUT2D eigenvalue weighted by Gasteiger charge is -2.28. The van der Waals surface area contributed by atoms with Crippen LogP contribution < -0.4 is 0 Å². The van der Waals surface area contributed by atoms with Crippen molar-refractivity contribution in [2.45, 2.75) is 25.9 Å². The van der Waals surface area contributed by atoms with Crippen LogP contribution in [0.2, 0.25) is 0 Å². The average molecular weight is 158 g/mol. The lowest BCUT2D eigenvalue weighted by molar-refractivity contribution is -0.891. The minimum absolute atomic E-state index is 0.571. The molecule has 0 saturated carbocycles. The van der Waals surface area contributed by atoms with Crippen LogP contribution in [-0.2, 0) is 4.74 Å². The summed E-state index contributed by atoms with van der Waals surface area (Å²) in [5.74, 6) is 0. The maximum absolute atomic E-state index is 5.21. The van der Waals surface area contributed by atoms with Gasteiger partial charge in [-0.2, -0.15) is 0 Å². The Balaban J connectivity index is 2.14. The molecule has 0 aromatic carbocycles. The summed E-state index contributed by atoms with van der Waals surface area (Å²) in [5, 5.41) is 0. The number of unbranched alkanes of at least 4 members (excludes halogenated alkanes) is 1. The third-order valence-electron chi connectivity index (χ3n) is 2.22. The molecule has 0 aliphatic carbocycles. The van der Waals surface area contributed by atoms with E-state index in [0.717, 1.165) is 11.1 Å². The van der Waals surface area contributed by atoms with E-state index in [1.165, 1.54) is 25.9 Å². The van der Waals surface area contributed by atoms with Crippen LogP contribution in [0, 0.1) is 0 Å². The molecule has 2 nitrogen and oxygen atoms in total. The van der Waals surface area contributed by atoms with Gasteiger partial charge in [-0.1, -0.05) is 13.3 Å². The van der Waals surface area contributed by atoms with E-state index in [4.69, 9.17) is 4.74 Å². The van der Waals surface area contributed by atoms with Crippen molar-refractivity contribution in [3.05, 3.63) is 0 Å². The van der Waals surface area contributed by atoms with Crippen molar-refractivity contribution in [2.75, 3.05) is 33.8 Å². The van der Waals surface area contributed by atoms with Crippen molar-refractivity contribution < 1.29 is 9.22 Å². The van der Waals surface area contributed by atoms with Crippen LogP contribution in [0.25, 0.3) is 0 Å². The van der Waals surface area contributed by atoms with Crippen LogP contribution in [0.15, 0.2) is 0 Å². The zero-order valence-corrected chi connectivity index (χ0v) is 7.97. The molecule has 0 amide bonds. The molecule has 2 heteroatoms. The molecule has 1 unspecified atom stereocenters. The van der Waals surface area contributed by atoms with Gasteiger partial charge < -0.3 is 9.22 Å². The van der Waals surface area contributed by atoms with Crippen molar-refractivity contribution in [1.29, 1.82) is 0 Å². The summed E-state index contributed by atoms with van der Waals surface area (Å²) in [4.78, 5) is 0. The van der Waals surface area contributed by atoms with E-state index < -0.39 is 0 Å². The van der Waals surface area contributed by atoms with Gasteiger partial charge in [0.1, 0.15) is 12.6 Å². The predicted octanol–water partition coefficient (Wildman–Crippen LogP) is 1.26. The molecule has 0 aromatic rings. The SMILES string of the molecule is CCCC[N+](C)(C)CC1CO1. The third-order valence-corrected chi connectivity index (χ3v) is 2.22. The van der Waals surface area contributed by atoms with Gasteiger partial charge >= 0.3 is 0 Å². The molecule has 11 heavy (non-hydrogen) atoms. The van der Waals surface area contributed by atoms with Crippen LogP contribution >= 0.6 is 0 Å². The first-order valence-electron chi connectivity index (χ1n) is 4.57. The van der Waals surface area contributed by atoms with E-state index >= 15 is 0 Å². The molecule has 1 aliphatic rings. The van der Waals surface area contributed by atoms with Crippen LogP contribution in [0.1, 0.15) is 19.8 Å². The van der Waals surface area contributed by atoms with Crippen molar-refractivity contribution >= 4 is 0 Å². The van der Waals surface area contributed by atoms with E-state index in [0.29, 0.717) is 6.10 Å². The van der Waals surface area contributed by atoms with E-state index in [-0.39, 0.29) is 0 Å². The number of epoxide rings is 1. The smallest absolute Gasteiger partial charge is 0.130 e. The van der Waals surface area contributed by atoms with Gasteiger partial charge in [0.25, 0.3) is 0 Å². The monoisotopic (exact) mass is 158 g/mol. The first-order valence-corrected chi connectivity index (χ1v) is 4.57. The van der Waals surface area contributed by atoms with Gasteiger partial charge in [0.2, 0.25) is 0 Å². The summed E-state index contributed by atoms with van der Waals surface area (Å²) in [6, 6.07) is 0. The number of quaternary nitrogens is 1. The fourth-order valence-corrected chi connectivity index (χ4v) is 1.40. The van der Waals surface area contributed by atoms with Gasteiger partial charge in [-0.05, 0) is 6.42 Å². The zero-order chi connectivity index (χ0) is 8.32. The molecule has 1 saturated heterocycles. The Morgan fingerprint density at radius 2 is 2.09 bits per heavy atom. The number of hydrogen-bond donors (Lipinski definition) is 0. The molecule has 1 heterocycles. The highest BCUT2D eigenvalue weighted by Gasteiger charge is 2.30. The maximum Gasteiger partial charge on any atom is 0.130 e. The molecule has 0 aromatic heterocycles. The number of ether oxygens (including phenoxy) is 1. The van der Waals surface area contributed by atoms with Crippen molar-refractivity contribution in [3.8, 4) is 0 Å². The molecule has 1 fully saturated rings. The summed E-state index contributed by atoms with van der Waals surface area (Å²) in [7, 11) is 4.58. The topological polar surface area (TPSA) is 12.5 Å². The van der Waals surface area contributed by atoms with Crippen molar-refractivity contribution in [2.24, 2.45) is 0 Å². The Hall–Kier alpha value is -0.0800. The van der Waals surface area contributed by atoms with E-state index in [9.17, 15) is 0 Å². The molecule has 1 rings (SSSR count). The minimum Gasteiger partial charge on any atom is -0.367 e. The van der Waals surface area contributed by atoms with Crippen LogP contribution in [-0.4, -0.2) is 44.4 Å². The van der Waals surface area contributed by atoms with Crippen molar-refractivity contribution in [3.63, 3.8) is 0 Å². The third kappa shape index (κ3) is 3.73. The Morgan fingerprint density at radius 1 is 1.45 bits per heavy atom. The highest BCUT2D eigenvalue weighted by Crippen LogP contribution is 2.14. The molecular weight excluding hydrogens is 138 g/mol. The van der Waals surface area contributed by atoms with E-state index in [2.05, 4.69) is 21.0 Å². The Bertz CT molecular complexity index is 119. The second-order valence-electron chi connectivity index (χ2n) is 4.15. The first kappa shape index (κ1) is 9.01. The van der Waals surface area contributed by atoms with Crippen LogP contribution in [0.4, 0.5) is 0 Å². The molecule has 1 aliphatic heterocycles. The predicted molar refractivity (Wildman–Crippen MR) is 46.5 cm³/mol. The van der Waals surface area contributed by atoms with Crippen molar-refractivity contribution in [1.82, 2.24) is 0 Å². The largest absolute Gasteiger partial charge is 0.367 e. The Morgan fingerprint density at radius 3 is 2.55 bits per heavy atom. The quantitative estimate of drug-likeness (QED) is 0.433. The van der Waals surface area contributed by atoms with E-state index in [1.54, 1.807) is 0 Å². The molecule has 66 valence electrons. The summed E-state index contributed by atoms with van der Waals surface area (Å²) in [6.45, 7) is 5.72. The second kappa shape index (κ2) is 3.55. The molecule has 1 atom stereocenters. The van der Waals surface area contributed by atoms with Crippen LogP contribution in [0.3, 0.4) is 0 Å². The zero-order valence-electron chi connectivity index (χ0n) is 7.97. The van der Waals surface area contributed by atoms with Crippen LogP contribution in [0.5, 0.6) is 0 Å². The molecule has 0 bridgehead atoms. The molecule has 0 N–H and O–H groups in total. The summed E-state index contributed by atoms with van der Waals surface area (Å²) in [5.41, 5.74) is 0. The normalized spacial score (nSPS) is 23.7. The van der Waals surface area contributed by atoms with Gasteiger partial charge in [-0.3, -0.25) is 0 Å². The fraction of sp³-hybridized carbons (Fsp3) is 1.00. The van der Waals surface area contributed by atoms with E-state index in [1.807, 2.05) is 0 Å². The highest BCUT2D eigenvalue weighted by molar-refractivity contribution is 4.67. The number of hydrogen-bond acceptors (Lipinski definition) is 1. The minimum atomic E-state index is 0.571. The first-order chi connectivity index (χ1) is 5.14. The molecule has 0 radical (unpaired) electrons. The van der Waals surface area contributed by atoms with Gasteiger partial charge in [-0.25, -0.2) is 0 Å². The average Bonchev–Trinajstić information content (AvgIpc) is 2.67. The lowest BCUT2D eigenvalue weighted by Crippen LogP contribution is -2.43. The number of rotatable bonds is 5. The van der Waals surface area contributed by atoms with Gasteiger partial charge in [0.05, 0.1) is 27.2 Å². The maximum atomic E-state index is 5.21. The molecular formula is C9H20NO+. The Kier molecular flexibility index (Phi) is 2.90. The second-order valence-corrected chi connectivity index (χ2v) is 4.15. The fourth-order valence-electron chi connectivity index (χ4n) is 1.40. The number of nitrogens with zero attached hydrogens (tertiary/aromatic N) is 1. The van der Waals surface area contributed by atoms with Gasteiger partial charge in [0.15, 0.2) is 0 Å². The number of likely N-dealkylation sites (N-methyl/N-ethyl adjacent to an activating group) is 1. The standard InChI is InChI=1S/C9H20NO/c1-4-5-6-10(2,3)7-9-8-11-9/h9H,4-8H2,1-3H3/q+1.